The number of rotatable bonds is 4. The van der Waals surface area contributed by atoms with Crippen LogP contribution in [0.3, 0.4) is 0 Å². The zero-order valence-electron chi connectivity index (χ0n) is 16.9. The van der Waals surface area contributed by atoms with Crippen molar-refractivity contribution < 1.29 is 9.67 Å². The molecule has 154 valence electrons. The summed E-state index contributed by atoms with van der Waals surface area (Å²) < 4.78 is 2.89. The van der Waals surface area contributed by atoms with Gasteiger partial charge in [0.1, 0.15) is 6.07 Å². The quantitative estimate of drug-likeness (QED) is 0.402. The number of halogens is 1. The van der Waals surface area contributed by atoms with Crippen LogP contribution in [0.4, 0.5) is 0 Å². The topological polar surface area (TPSA) is 106 Å². The fourth-order valence-electron chi connectivity index (χ4n) is 4.48. The van der Waals surface area contributed by atoms with Crippen LogP contribution in [-0.4, -0.2) is 16.7 Å². The monoisotopic (exact) mass is 473 g/mol. The van der Waals surface area contributed by atoms with Crippen LogP contribution in [0.25, 0.3) is 5.41 Å². The maximum absolute atomic E-state index is 12.0. The number of hydrogen-bond acceptors (Lipinski definition) is 4. The van der Waals surface area contributed by atoms with Crippen molar-refractivity contribution in [3.63, 3.8) is 0 Å². The minimum atomic E-state index is -1.43. The molecule has 0 spiro atoms. The van der Waals surface area contributed by atoms with Crippen LogP contribution in [0.2, 0.25) is 0 Å². The summed E-state index contributed by atoms with van der Waals surface area (Å²) in [5.74, 6) is 1.28. The third kappa shape index (κ3) is 3.58. The molecular weight excluding hydrogens is 454 g/mol. The van der Waals surface area contributed by atoms with Gasteiger partial charge in [0.15, 0.2) is 11.9 Å². The van der Waals surface area contributed by atoms with Crippen molar-refractivity contribution in [2.45, 2.75) is 37.5 Å². The first-order chi connectivity index (χ1) is 14.9. The summed E-state index contributed by atoms with van der Waals surface area (Å²) in [7, 11) is 0. The Morgan fingerprint density at radius 2 is 1.94 bits per heavy atom. The second-order valence-electron chi connectivity index (χ2n) is 7.95. The number of hydrogen-bond donors (Lipinski definition) is 2. The first-order valence-electron chi connectivity index (χ1n) is 9.99. The molecule has 0 saturated heterocycles. The molecule has 0 amide bonds. The smallest absolute Gasteiger partial charge is 0.217 e. The van der Waals surface area contributed by atoms with Crippen molar-refractivity contribution in [1.29, 1.82) is 10.5 Å². The molecule has 0 bridgehead atoms. The second-order valence-corrected chi connectivity index (χ2v) is 8.86. The van der Waals surface area contributed by atoms with Crippen LogP contribution < -0.4 is 9.88 Å². The first-order valence-corrected chi connectivity index (χ1v) is 10.8. The lowest BCUT2D eigenvalue weighted by atomic mass is 9.73. The summed E-state index contributed by atoms with van der Waals surface area (Å²) in [6, 6.07) is 17.0. The Labute approximate surface area is 189 Å². The molecule has 1 saturated carbocycles. The summed E-state index contributed by atoms with van der Waals surface area (Å²) >= 11 is 3.45. The molecule has 2 N–H and O–H groups in total. The standard InChI is InChI=1S/C24H20BrN5O/c1-15-4-2-3-11-30(15)23-21(16-5-9-19(25)10-6-16)20(14-28)22(17(12-26)13-27)29-24(23,31)18-7-8-18/h2-6,9-11,18,21,23,29,31H,7-8H2,1H3/t21-,23+,24-/m0/s1. The Morgan fingerprint density at radius 1 is 1.23 bits per heavy atom. The van der Waals surface area contributed by atoms with Crippen molar-refractivity contribution in [2.75, 3.05) is 0 Å². The Bertz CT molecular complexity index is 1200. The lowest BCUT2D eigenvalue weighted by molar-refractivity contribution is -0.747. The van der Waals surface area contributed by atoms with E-state index in [4.69, 9.17) is 0 Å². The first kappa shape index (κ1) is 21.0. The van der Waals surface area contributed by atoms with E-state index in [1.165, 1.54) is 0 Å². The molecule has 4 rings (SSSR count). The lowest BCUT2D eigenvalue weighted by Gasteiger charge is -2.43. The van der Waals surface area contributed by atoms with E-state index in [0.29, 0.717) is 0 Å². The second kappa shape index (κ2) is 8.13. The normalized spacial score (nSPS) is 25.1. The van der Waals surface area contributed by atoms with Gasteiger partial charge in [0.05, 0.1) is 28.8 Å². The van der Waals surface area contributed by atoms with E-state index in [9.17, 15) is 21.0 Å². The van der Waals surface area contributed by atoms with E-state index < -0.39 is 17.7 Å². The van der Waals surface area contributed by atoms with Gasteiger partial charge in [0, 0.05) is 29.4 Å². The van der Waals surface area contributed by atoms with E-state index >= 15 is 0 Å². The number of nitriles is 2. The third-order valence-electron chi connectivity index (χ3n) is 6.10. The molecule has 1 aliphatic carbocycles. The third-order valence-corrected chi connectivity index (χ3v) is 6.63. The average Bonchev–Trinajstić information content (AvgIpc) is 3.62. The van der Waals surface area contributed by atoms with E-state index in [0.717, 1.165) is 28.6 Å². The van der Waals surface area contributed by atoms with Crippen LogP contribution in [0, 0.1) is 35.5 Å². The molecule has 2 aliphatic rings. The fourth-order valence-corrected chi connectivity index (χ4v) is 4.74. The molecule has 2 heterocycles. The highest BCUT2D eigenvalue weighted by Crippen LogP contribution is 2.52. The van der Waals surface area contributed by atoms with Crippen molar-refractivity contribution in [2.24, 2.45) is 5.92 Å². The zero-order valence-corrected chi connectivity index (χ0v) is 18.5. The van der Waals surface area contributed by atoms with Gasteiger partial charge in [0.25, 0.3) is 0 Å². The summed E-state index contributed by atoms with van der Waals surface area (Å²) in [4.78, 5) is 0. The van der Waals surface area contributed by atoms with Crippen LogP contribution in [0.15, 0.2) is 70.0 Å². The van der Waals surface area contributed by atoms with Crippen molar-refractivity contribution in [1.82, 2.24) is 5.32 Å². The Kier molecular flexibility index (Phi) is 5.52. The molecular formula is C24H20BrN5O. The number of pyridine rings is 1. The van der Waals surface area contributed by atoms with Gasteiger partial charge in [0.2, 0.25) is 11.8 Å². The van der Waals surface area contributed by atoms with Gasteiger partial charge in [-0.05, 0) is 30.5 Å². The summed E-state index contributed by atoms with van der Waals surface area (Å²) in [5.41, 5.74) is 0.524. The van der Waals surface area contributed by atoms with Crippen LogP contribution in [-0.2, 0) is 0 Å². The highest BCUT2D eigenvalue weighted by Gasteiger charge is 2.61. The summed E-state index contributed by atoms with van der Waals surface area (Å²) in [6.45, 7) is 1.96. The van der Waals surface area contributed by atoms with Gasteiger partial charge < -0.3 is 15.8 Å². The van der Waals surface area contributed by atoms with Crippen LogP contribution >= 0.6 is 15.9 Å². The molecule has 3 atom stereocenters. The molecule has 6 nitrogen and oxygen atoms in total. The highest BCUT2D eigenvalue weighted by molar-refractivity contribution is 9.10. The van der Waals surface area contributed by atoms with Crippen molar-refractivity contribution in [3.05, 3.63) is 86.6 Å². The van der Waals surface area contributed by atoms with Crippen molar-refractivity contribution in [3.8, 4) is 12.1 Å². The molecule has 31 heavy (non-hydrogen) atoms. The predicted octanol–water partition coefficient (Wildman–Crippen LogP) is 3.54. The minimum Gasteiger partial charge on any atom is -0.762 e. The lowest BCUT2D eigenvalue weighted by Crippen LogP contribution is -2.66. The van der Waals surface area contributed by atoms with Crippen LogP contribution in [0.5, 0.6) is 0 Å². The van der Waals surface area contributed by atoms with Crippen LogP contribution in [0.1, 0.15) is 36.1 Å². The zero-order chi connectivity index (χ0) is 22.2. The molecule has 7 heteroatoms. The highest BCUT2D eigenvalue weighted by atomic mass is 79.9. The molecule has 1 fully saturated rings. The minimum absolute atomic E-state index is 0.0589. The van der Waals surface area contributed by atoms with E-state index in [-0.39, 0.29) is 22.8 Å². The number of aryl methyl sites for hydroxylation is 1. The maximum Gasteiger partial charge on any atom is 0.217 e. The van der Waals surface area contributed by atoms with E-state index in [2.05, 4.69) is 27.3 Å². The van der Waals surface area contributed by atoms with E-state index in [1.807, 2.05) is 72.1 Å². The van der Waals surface area contributed by atoms with E-state index in [1.54, 1.807) is 0 Å². The predicted molar refractivity (Wildman–Crippen MR) is 118 cm³/mol. The van der Waals surface area contributed by atoms with Gasteiger partial charge in [-0.1, -0.05) is 34.1 Å². The molecule has 1 aromatic heterocycles. The van der Waals surface area contributed by atoms with Crippen molar-refractivity contribution >= 4 is 21.8 Å². The maximum atomic E-state index is 12.0. The number of benzene rings is 1. The molecule has 2 aromatic rings. The SMILES string of the molecule is Cc1cccc[n+]1[C@@H]1[C@@H](c2ccc(Br)cc2)C(C#N)=C(C(=C=[N-])C#N)N[C@]1(O)C1CC1. The summed E-state index contributed by atoms with van der Waals surface area (Å²) in [5, 5.41) is 44.4. The van der Waals surface area contributed by atoms with Gasteiger partial charge in [-0.2, -0.15) is 15.1 Å². The molecule has 0 radical (unpaired) electrons. The Hall–Kier alpha value is -3.22. The number of aromatic nitrogens is 1. The molecule has 1 aliphatic heterocycles. The molecule has 1 aromatic carbocycles. The Balaban J connectivity index is 2.06. The number of nitrogens with zero attached hydrogens (tertiary/aromatic N) is 4. The number of nitrogens with one attached hydrogen (secondary N) is 1. The number of allylic oxidation sites excluding steroid dienone is 2. The molecule has 0 unspecified atom stereocenters. The summed E-state index contributed by atoms with van der Waals surface area (Å²) in [6.07, 6.45) is 3.55. The average molecular weight is 474 g/mol. The van der Waals surface area contributed by atoms with Gasteiger partial charge in [-0.25, -0.2) is 5.87 Å². The van der Waals surface area contributed by atoms with Gasteiger partial charge in [-0.15, -0.1) is 0 Å². The Morgan fingerprint density at radius 3 is 2.48 bits per heavy atom. The van der Waals surface area contributed by atoms with Gasteiger partial charge in [-0.3, -0.25) is 0 Å². The fraction of sp³-hybridized carbons (Fsp3) is 0.292. The largest absolute Gasteiger partial charge is 0.762 e. The number of aliphatic hydroxyl groups is 1. The van der Waals surface area contributed by atoms with Gasteiger partial charge >= 0.3 is 0 Å².